The third kappa shape index (κ3) is 1.85. The molecule has 0 spiro atoms. The Kier molecular flexibility index (Phi) is 3.09. The lowest BCUT2D eigenvalue weighted by atomic mass is 9.89. The van der Waals surface area contributed by atoms with E-state index in [9.17, 15) is 20.1 Å². The monoisotopic (exact) mass is 277 g/mol. The molecule has 2 bridgehead atoms. The van der Waals surface area contributed by atoms with Crippen molar-refractivity contribution in [3.05, 3.63) is 23.8 Å². The summed E-state index contributed by atoms with van der Waals surface area (Å²) in [4.78, 5) is 13.5. The molecule has 4 atom stereocenters. The van der Waals surface area contributed by atoms with Crippen LogP contribution in [0.25, 0.3) is 0 Å². The van der Waals surface area contributed by atoms with Crippen molar-refractivity contribution in [2.45, 2.75) is 44.3 Å². The van der Waals surface area contributed by atoms with E-state index in [1.54, 1.807) is 18.2 Å². The lowest BCUT2D eigenvalue weighted by molar-refractivity contribution is -0.142. The second-order valence-electron chi connectivity index (χ2n) is 5.81. The van der Waals surface area contributed by atoms with Crippen LogP contribution >= 0.6 is 0 Å². The van der Waals surface area contributed by atoms with Crippen molar-refractivity contribution >= 4 is 5.97 Å². The van der Waals surface area contributed by atoms with E-state index in [0.29, 0.717) is 12.0 Å². The first-order valence-electron chi connectivity index (χ1n) is 7.01. The Morgan fingerprint density at radius 2 is 1.95 bits per heavy atom. The lowest BCUT2D eigenvalue weighted by Crippen LogP contribution is -2.35. The average Bonchev–Trinajstić information content (AvgIpc) is 2.95. The predicted octanol–water partition coefficient (Wildman–Crippen LogP) is 2.10. The highest BCUT2D eigenvalue weighted by atomic mass is 16.4. The van der Waals surface area contributed by atoms with Gasteiger partial charge >= 0.3 is 5.97 Å². The number of hydrogen-bond donors (Lipinski definition) is 3. The SMILES string of the molecule is CC(c1c(O)cccc1O)N1C2CCC1C(C(=O)O)C2. The number of hydrogen-bond acceptors (Lipinski definition) is 4. The zero-order valence-electron chi connectivity index (χ0n) is 11.4. The first kappa shape index (κ1) is 13.2. The third-order valence-corrected chi connectivity index (χ3v) is 4.83. The van der Waals surface area contributed by atoms with Crippen LogP contribution in [0.3, 0.4) is 0 Å². The number of carboxylic acids is 1. The molecule has 2 saturated heterocycles. The van der Waals surface area contributed by atoms with Crippen molar-refractivity contribution in [2.75, 3.05) is 0 Å². The molecule has 0 aromatic heterocycles. The number of aromatic hydroxyl groups is 2. The van der Waals surface area contributed by atoms with Crippen LogP contribution in [0.5, 0.6) is 11.5 Å². The van der Waals surface area contributed by atoms with Gasteiger partial charge in [0.25, 0.3) is 0 Å². The van der Waals surface area contributed by atoms with Gasteiger partial charge in [-0.05, 0) is 38.3 Å². The van der Waals surface area contributed by atoms with Crippen molar-refractivity contribution in [3.8, 4) is 11.5 Å². The number of rotatable bonds is 3. The molecule has 5 nitrogen and oxygen atoms in total. The third-order valence-electron chi connectivity index (χ3n) is 4.83. The van der Waals surface area contributed by atoms with Gasteiger partial charge in [-0.25, -0.2) is 0 Å². The number of nitrogens with zero attached hydrogens (tertiary/aromatic N) is 1. The molecule has 0 saturated carbocycles. The molecule has 3 N–H and O–H groups in total. The molecule has 0 aliphatic carbocycles. The summed E-state index contributed by atoms with van der Waals surface area (Å²) in [5.41, 5.74) is 0.496. The maximum absolute atomic E-state index is 11.3. The maximum Gasteiger partial charge on any atom is 0.308 e. The van der Waals surface area contributed by atoms with Gasteiger partial charge in [0.2, 0.25) is 0 Å². The molecule has 5 heteroatoms. The highest BCUT2D eigenvalue weighted by Gasteiger charge is 2.51. The first-order valence-corrected chi connectivity index (χ1v) is 7.01. The van der Waals surface area contributed by atoms with E-state index in [1.807, 2.05) is 6.92 Å². The van der Waals surface area contributed by atoms with Gasteiger partial charge in [-0.15, -0.1) is 0 Å². The Morgan fingerprint density at radius 1 is 1.30 bits per heavy atom. The molecule has 2 heterocycles. The molecule has 2 aliphatic heterocycles. The Balaban J connectivity index is 1.92. The summed E-state index contributed by atoms with van der Waals surface area (Å²) < 4.78 is 0. The van der Waals surface area contributed by atoms with Crippen molar-refractivity contribution in [2.24, 2.45) is 5.92 Å². The number of phenols is 2. The fraction of sp³-hybridized carbons (Fsp3) is 0.533. The van der Waals surface area contributed by atoms with Gasteiger partial charge in [-0.2, -0.15) is 0 Å². The fourth-order valence-corrected chi connectivity index (χ4v) is 4.02. The summed E-state index contributed by atoms with van der Waals surface area (Å²) in [7, 11) is 0. The van der Waals surface area contributed by atoms with E-state index in [0.717, 1.165) is 12.8 Å². The predicted molar refractivity (Wildman–Crippen MR) is 72.6 cm³/mol. The smallest absolute Gasteiger partial charge is 0.308 e. The van der Waals surface area contributed by atoms with E-state index in [2.05, 4.69) is 4.90 Å². The van der Waals surface area contributed by atoms with Crippen LogP contribution in [0.15, 0.2) is 18.2 Å². The summed E-state index contributed by atoms with van der Waals surface area (Å²) >= 11 is 0. The number of aliphatic carboxylic acids is 1. The second kappa shape index (κ2) is 4.66. The molecule has 1 aromatic carbocycles. The maximum atomic E-state index is 11.3. The van der Waals surface area contributed by atoms with Crippen LogP contribution in [0.1, 0.15) is 37.8 Å². The Hall–Kier alpha value is -1.75. The summed E-state index contributed by atoms with van der Waals surface area (Å²) in [5, 5.41) is 29.3. The number of fused-ring (bicyclic) bond motifs is 2. The molecule has 4 unspecified atom stereocenters. The molecule has 0 radical (unpaired) electrons. The second-order valence-corrected chi connectivity index (χ2v) is 5.81. The molecular weight excluding hydrogens is 258 g/mol. The van der Waals surface area contributed by atoms with Crippen molar-refractivity contribution < 1.29 is 20.1 Å². The molecule has 20 heavy (non-hydrogen) atoms. The quantitative estimate of drug-likeness (QED) is 0.788. The Morgan fingerprint density at radius 3 is 2.50 bits per heavy atom. The Bertz CT molecular complexity index is 524. The van der Waals surface area contributed by atoms with Gasteiger partial charge in [0.1, 0.15) is 11.5 Å². The molecular formula is C15H19NO4. The van der Waals surface area contributed by atoms with Gasteiger partial charge in [0.05, 0.1) is 11.5 Å². The number of phenolic OH excluding ortho intramolecular Hbond substituents is 2. The topological polar surface area (TPSA) is 81.0 Å². The van der Waals surface area contributed by atoms with Gasteiger partial charge < -0.3 is 15.3 Å². The van der Waals surface area contributed by atoms with E-state index in [4.69, 9.17) is 0 Å². The minimum absolute atomic E-state index is 0.00602. The van der Waals surface area contributed by atoms with Crippen LogP contribution in [0, 0.1) is 5.92 Å². The summed E-state index contributed by atoms with van der Waals surface area (Å²) in [6, 6.07) is 4.76. The standard InChI is InChI=1S/C15H19NO4/c1-8(14-12(17)3-2-4-13(14)18)16-9-5-6-11(16)10(7-9)15(19)20/h2-4,8-11,17-18H,5-7H2,1H3,(H,19,20). The molecule has 1 aromatic rings. The van der Waals surface area contributed by atoms with Gasteiger partial charge in [-0.3, -0.25) is 9.69 Å². The summed E-state index contributed by atoms with van der Waals surface area (Å²) in [6.07, 6.45) is 2.53. The van der Waals surface area contributed by atoms with E-state index in [1.165, 1.54) is 0 Å². The van der Waals surface area contributed by atoms with E-state index in [-0.39, 0.29) is 35.5 Å². The molecule has 3 rings (SSSR count). The van der Waals surface area contributed by atoms with Crippen LogP contribution in [-0.4, -0.2) is 38.3 Å². The lowest BCUT2D eigenvalue weighted by Gasteiger charge is -2.30. The normalized spacial score (nSPS) is 30.6. The number of carboxylic acid groups (broad SMARTS) is 1. The average molecular weight is 277 g/mol. The zero-order chi connectivity index (χ0) is 14.4. The highest BCUT2D eigenvalue weighted by Crippen LogP contribution is 2.48. The highest BCUT2D eigenvalue weighted by molar-refractivity contribution is 5.72. The molecule has 0 amide bonds. The minimum atomic E-state index is -0.740. The molecule has 108 valence electrons. The van der Waals surface area contributed by atoms with Crippen LogP contribution in [0.2, 0.25) is 0 Å². The zero-order valence-corrected chi connectivity index (χ0v) is 11.4. The van der Waals surface area contributed by atoms with Crippen LogP contribution in [-0.2, 0) is 4.79 Å². The van der Waals surface area contributed by atoms with Crippen LogP contribution < -0.4 is 0 Å². The van der Waals surface area contributed by atoms with Crippen molar-refractivity contribution in [1.29, 1.82) is 0 Å². The first-order chi connectivity index (χ1) is 9.50. The van der Waals surface area contributed by atoms with Crippen molar-refractivity contribution in [1.82, 2.24) is 4.90 Å². The number of carbonyl (C=O) groups is 1. The summed E-state index contributed by atoms with van der Waals surface area (Å²) in [5.74, 6) is -0.938. The van der Waals surface area contributed by atoms with Gasteiger partial charge in [0, 0.05) is 18.1 Å². The molecule has 2 fully saturated rings. The minimum Gasteiger partial charge on any atom is -0.507 e. The largest absolute Gasteiger partial charge is 0.507 e. The Labute approximate surface area is 117 Å². The van der Waals surface area contributed by atoms with Gasteiger partial charge in [0.15, 0.2) is 0 Å². The van der Waals surface area contributed by atoms with Crippen molar-refractivity contribution in [3.63, 3.8) is 0 Å². The van der Waals surface area contributed by atoms with Crippen LogP contribution in [0.4, 0.5) is 0 Å². The fourth-order valence-electron chi connectivity index (χ4n) is 4.02. The summed E-state index contributed by atoms with van der Waals surface area (Å²) in [6.45, 7) is 1.92. The molecule has 2 aliphatic rings. The van der Waals surface area contributed by atoms with E-state index < -0.39 is 5.97 Å². The van der Waals surface area contributed by atoms with E-state index >= 15 is 0 Å². The van der Waals surface area contributed by atoms with Gasteiger partial charge in [-0.1, -0.05) is 6.07 Å². The number of benzene rings is 1.